The Morgan fingerprint density at radius 2 is 1.54 bits per heavy atom. The quantitative estimate of drug-likeness (QED) is 0.385. The molecule has 0 radical (unpaired) electrons. The van der Waals surface area contributed by atoms with E-state index in [4.69, 9.17) is 5.73 Å². The minimum absolute atomic E-state index is 0.123. The highest BCUT2D eigenvalue weighted by atomic mass is 16.1. The number of carbonyl (C=O) groups excluding carboxylic acids is 1. The molecule has 3 heterocycles. The normalized spacial score (nSPS) is 14.6. The van der Waals surface area contributed by atoms with Gasteiger partial charge in [0.2, 0.25) is 0 Å². The standard InChI is InChI=1S/C30H34N6O/c1-2-22-3-5-23(6-4-22)20-35-11-13-36(14-12-35)21-25-16-27(19-32-17-25)30(37)34-18-24-7-8-28-26(15-24)9-10-33-29(28)31/h3-10,15-17,19H,2,11-14,18,20-21H2,1H3,(H2,31,33)(H,34,37). The van der Waals surface area contributed by atoms with Crippen molar-refractivity contribution in [1.82, 2.24) is 25.1 Å². The summed E-state index contributed by atoms with van der Waals surface area (Å²) < 4.78 is 0. The summed E-state index contributed by atoms with van der Waals surface area (Å²) in [5.74, 6) is 0.390. The van der Waals surface area contributed by atoms with Crippen molar-refractivity contribution in [2.45, 2.75) is 33.0 Å². The van der Waals surface area contributed by atoms with E-state index >= 15 is 0 Å². The van der Waals surface area contributed by atoms with E-state index in [0.29, 0.717) is 17.9 Å². The summed E-state index contributed by atoms with van der Waals surface area (Å²) in [5.41, 5.74) is 11.4. The number of hydrogen-bond donors (Lipinski definition) is 2. The van der Waals surface area contributed by atoms with Gasteiger partial charge in [-0.15, -0.1) is 0 Å². The van der Waals surface area contributed by atoms with Crippen molar-refractivity contribution >= 4 is 22.5 Å². The Balaban J connectivity index is 1.12. The first-order valence-corrected chi connectivity index (χ1v) is 12.9. The smallest absolute Gasteiger partial charge is 0.253 e. The van der Waals surface area contributed by atoms with Crippen LogP contribution in [0.3, 0.4) is 0 Å². The summed E-state index contributed by atoms with van der Waals surface area (Å²) >= 11 is 0. The molecular weight excluding hydrogens is 460 g/mol. The zero-order valence-electron chi connectivity index (χ0n) is 21.4. The molecule has 5 rings (SSSR count). The molecule has 0 spiro atoms. The van der Waals surface area contributed by atoms with Gasteiger partial charge in [-0.25, -0.2) is 4.98 Å². The molecule has 2 aromatic heterocycles. The van der Waals surface area contributed by atoms with E-state index in [-0.39, 0.29) is 5.91 Å². The number of hydrogen-bond acceptors (Lipinski definition) is 6. The Kier molecular flexibility index (Phi) is 7.73. The SMILES string of the molecule is CCc1ccc(CN2CCN(Cc3cncc(C(=O)NCc4ccc5c(N)nccc5c4)c3)CC2)cc1. The van der Waals surface area contributed by atoms with Gasteiger partial charge in [0.1, 0.15) is 5.82 Å². The lowest BCUT2D eigenvalue weighted by atomic mass is 10.1. The number of nitrogens with one attached hydrogen (secondary N) is 1. The fourth-order valence-electron chi connectivity index (χ4n) is 4.85. The monoisotopic (exact) mass is 494 g/mol. The highest BCUT2D eigenvalue weighted by Gasteiger charge is 2.18. The molecule has 0 aliphatic carbocycles. The van der Waals surface area contributed by atoms with Gasteiger partial charge in [0, 0.05) is 69.8 Å². The number of nitrogens with zero attached hydrogens (tertiary/aromatic N) is 4. The zero-order valence-corrected chi connectivity index (χ0v) is 21.4. The van der Waals surface area contributed by atoms with Gasteiger partial charge in [0.25, 0.3) is 5.91 Å². The van der Waals surface area contributed by atoms with Gasteiger partial charge in [-0.1, -0.05) is 43.3 Å². The molecular formula is C30H34N6O. The Hall–Kier alpha value is -3.81. The average Bonchev–Trinajstić information content (AvgIpc) is 2.93. The van der Waals surface area contributed by atoms with Crippen LogP contribution in [-0.4, -0.2) is 51.9 Å². The number of nitrogens with two attached hydrogens (primary N) is 1. The number of amides is 1. The number of aryl methyl sites for hydroxylation is 1. The first kappa shape index (κ1) is 24.9. The Bertz CT molecular complexity index is 1360. The zero-order chi connectivity index (χ0) is 25.6. The lowest BCUT2D eigenvalue weighted by molar-refractivity contribution is 0.0950. The third kappa shape index (κ3) is 6.31. The maximum Gasteiger partial charge on any atom is 0.253 e. The fraction of sp³-hybridized carbons (Fsp3) is 0.300. The second-order valence-corrected chi connectivity index (χ2v) is 9.74. The Morgan fingerprint density at radius 1 is 0.865 bits per heavy atom. The lowest BCUT2D eigenvalue weighted by Gasteiger charge is -2.34. The van der Waals surface area contributed by atoms with Crippen molar-refractivity contribution < 1.29 is 4.79 Å². The average molecular weight is 495 g/mol. The molecule has 0 bridgehead atoms. The van der Waals surface area contributed by atoms with Gasteiger partial charge in [0.05, 0.1) is 5.56 Å². The van der Waals surface area contributed by atoms with E-state index in [1.807, 2.05) is 36.5 Å². The molecule has 2 aromatic carbocycles. The molecule has 0 atom stereocenters. The summed E-state index contributed by atoms with van der Waals surface area (Å²) in [5, 5.41) is 4.94. The van der Waals surface area contributed by atoms with Crippen molar-refractivity contribution in [2.24, 2.45) is 0 Å². The first-order valence-electron chi connectivity index (χ1n) is 12.9. The highest BCUT2D eigenvalue weighted by molar-refractivity contribution is 5.94. The molecule has 1 fully saturated rings. The highest BCUT2D eigenvalue weighted by Crippen LogP contribution is 2.20. The van der Waals surface area contributed by atoms with Gasteiger partial charge in [-0.3, -0.25) is 19.6 Å². The van der Waals surface area contributed by atoms with Crippen molar-refractivity contribution in [3.8, 4) is 0 Å². The molecule has 190 valence electrons. The third-order valence-electron chi connectivity index (χ3n) is 7.08. The third-order valence-corrected chi connectivity index (χ3v) is 7.08. The van der Waals surface area contributed by atoms with Gasteiger partial charge < -0.3 is 11.1 Å². The Labute approximate surface area is 218 Å². The number of aromatic nitrogens is 2. The van der Waals surface area contributed by atoms with E-state index < -0.39 is 0 Å². The topological polar surface area (TPSA) is 87.4 Å². The number of rotatable bonds is 8. The van der Waals surface area contributed by atoms with Crippen molar-refractivity contribution in [1.29, 1.82) is 0 Å². The molecule has 3 N–H and O–H groups in total. The fourth-order valence-corrected chi connectivity index (χ4v) is 4.85. The Morgan fingerprint density at radius 3 is 2.27 bits per heavy atom. The minimum atomic E-state index is -0.123. The molecule has 0 saturated carbocycles. The van der Waals surface area contributed by atoms with Gasteiger partial charge >= 0.3 is 0 Å². The largest absolute Gasteiger partial charge is 0.383 e. The van der Waals surface area contributed by atoms with Gasteiger partial charge in [-0.2, -0.15) is 0 Å². The summed E-state index contributed by atoms with van der Waals surface area (Å²) in [6.45, 7) is 8.51. The second kappa shape index (κ2) is 11.5. The number of pyridine rings is 2. The lowest BCUT2D eigenvalue weighted by Crippen LogP contribution is -2.45. The number of fused-ring (bicyclic) bond motifs is 1. The minimum Gasteiger partial charge on any atom is -0.383 e. The van der Waals surface area contributed by atoms with Crippen molar-refractivity contribution in [3.63, 3.8) is 0 Å². The van der Waals surface area contributed by atoms with Gasteiger partial charge in [0.15, 0.2) is 0 Å². The van der Waals surface area contributed by atoms with Crippen LogP contribution in [0.1, 0.15) is 39.5 Å². The van der Waals surface area contributed by atoms with E-state index in [1.54, 1.807) is 12.4 Å². The second-order valence-electron chi connectivity index (χ2n) is 9.74. The molecule has 4 aromatic rings. The number of benzene rings is 2. The predicted molar refractivity (Wildman–Crippen MR) is 148 cm³/mol. The molecule has 37 heavy (non-hydrogen) atoms. The van der Waals surface area contributed by atoms with Crippen LogP contribution in [0.15, 0.2) is 73.2 Å². The number of carbonyl (C=O) groups is 1. The van der Waals surface area contributed by atoms with Crippen molar-refractivity contribution in [2.75, 3.05) is 31.9 Å². The summed E-state index contributed by atoms with van der Waals surface area (Å²) in [6.07, 6.45) is 6.27. The van der Waals surface area contributed by atoms with Crippen LogP contribution in [0.4, 0.5) is 5.82 Å². The van der Waals surface area contributed by atoms with Crippen LogP contribution in [-0.2, 0) is 26.1 Å². The first-order chi connectivity index (χ1) is 18.1. The van der Waals surface area contributed by atoms with Crippen LogP contribution in [0.2, 0.25) is 0 Å². The van der Waals surface area contributed by atoms with Crippen LogP contribution in [0.25, 0.3) is 10.8 Å². The predicted octanol–water partition coefficient (Wildman–Crippen LogP) is 4.02. The molecule has 7 heteroatoms. The maximum atomic E-state index is 12.8. The molecule has 0 unspecified atom stereocenters. The van der Waals surface area contributed by atoms with E-state index in [9.17, 15) is 4.79 Å². The van der Waals surface area contributed by atoms with Crippen LogP contribution < -0.4 is 11.1 Å². The molecule has 1 saturated heterocycles. The van der Waals surface area contributed by atoms with Crippen LogP contribution in [0.5, 0.6) is 0 Å². The molecule has 1 aliphatic heterocycles. The molecule has 1 amide bonds. The summed E-state index contributed by atoms with van der Waals surface area (Å²) in [7, 11) is 0. The van der Waals surface area contributed by atoms with E-state index in [0.717, 1.165) is 67.6 Å². The van der Waals surface area contributed by atoms with Crippen molar-refractivity contribution in [3.05, 3.63) is 101 Å². The maximum absolute atomic E-state index is 12.8. The van der Waals surface area contributed by atoms with E-state index in [1.165, 1.54) is 11.1 Å². The number of anilines is 1. The molecule has 7 nitrogen and oxygen atoms in total. The van der Waals surface area contributed by atoms with E-state index in [2.05, 4.69) is 56.3 Å². The molecule has 1 aliphatic rings. The van der Waals surface area contributed by atoms with Crippen LogP contribution >= 0.6 is 0 Å². The summed E-state index contributed by atoms with van der Waals surface area (Å²) in [4.78, 5) is 26.2. The van der Waals surface area contributed by atoms with Gasteiger partial charge in [-0.05, 0) is 52.3 Å². The van der Waals surface area contributed by atoms with Crippen LogP contribution in [0, 0.1) is 0 Å². The number of nitrogen functional groups attached to an aromatic ring is 1. The summed E-state index contributed by atoms with van der Waals surface area (Å²) in [6, 6.07) is 18.8. The number of piperazine rings is 1.